The van der Waals surface area contributed by atoms with Gasteiger partial charge in [-0.3, -0.25) is 10.1 Å². The highest BCUT2D eigenvalue weighted by molar-refractivity contribution is 7.15. The SMILES string of the molecule is CCN(c1ccc(C(=O)Nc2ncc(C3CCNCC3)s2)cc1)C(C)C.Cl. The topological polar surface area (TPSA) is 57.3 Å². The van der Waals surface area contributed by atoms with Gasteiger partial charge in [0.1, 0.15) is 0 Å². The van der Waals surface area contributed by atoms with E-state index < -0.39 is 0 Å². The van der Waals surface area contributed by atoms with Crippen LogP contribution in [-0.4, -0.2) is 36.6 Å². The van der Waals surface area contributed by atoms with Crippen LogP contribution in [0.15, 0.2) is 30.5 Å². The molecule has 7 heteroatoms. The lowest BCUT2D eigenvalue weighted by Gasteiger charge is -2.27. The zero-order chi connectivity index (χ0) is 18.5. The van der Waals surface area contributed by atoms with E-state index in [1.165, 1.54) is 4.88 Å². The molecule has 1 aromatic carbocycles. The number of nitrogens with one attached hydrogen (secondary N) is 2. The van der Waals surface area contributed by atoms with Gasteiger partial charge in [0.25, 0.3) is 5.91 Å². The summed E-state index contributed by atoms with van der Waals surface area (Å²) in [5.74, 6) is 0.463. The number of nitrogens with zero attached hydrogens (tertiary/aromatic N) is 2. The van der Waals surface area contributed by atoms with Gasteiger partial charge in [-0.15, -0.1) is 23.7 Å². The summed E-state index contributed by atoms with van der Waals surface area (Å²) < 4.78 is 0. The zero-order valence-corrected chi connectivity index (χ0v) is 17.8. The highest BCUT2D eigenvalue weighted by Crippen LogP contribution is 2.31. The normalized spacial score (nSPS) is 14.7. The molecular formula is C20H29ClN4OS. The third-order valence-corrected chi connectivity index (χ3v) is 5.99. The van der Waals surface area contributed by atoms with Gasteiger partial charge in [-0.1, -0.05) is 0 Å². The van der Waals surface area contributed by atoms with E-state index in [-0.39, 0.29) is 18.3 Å². The number of carbonyl (C=O) groups is 1. The Hall–Kier alpha value is -1.63. The Balaban J connectivity index is 0.00000261. The molecule has 0 atom stereocenters. The van der Waals surface area contributed by atoms with Crippen molar-refractivity contribution in [3.05, 3.63) is 40.9 Å². The lowest BCUT2D eigenvalue weighted by atomic mass is 9.97. The van der Waals surface area contributed by atoms with Crippen LogP contribution < -0.4 is 15.5 Å². The number of thiazole rings is 1. The molecule has 0 radical (unpaired) electrons. The second-order valence-electron chi connectivity index (χ2n) is 6.97. The zero-order valence-electron chi connectivity index (χ0n) is 16.2. The van der Waals surface area contributed by atoms with Crippen LogP contribution in [0.1, 0.15) is 54.8 Å². The molecule has 0 bridgehead atoms. The van der Waals surface area contributed by atoms with Gasteiger partial charge in [0.05, 0.1) is 0 Å². The molecule has 27 heavy (non-hydrogen) atoms. The molecule has 148 valence electrons. The van der Waals surface area contributed by atoms with Gasteiger partial charge in [0.15, 0.2) is 5.13 Å². The first-order valence-electron chi connectivity index (χ1n) is 9.43. The lowest BCUT2D eigenvalue weighted by Crippen LogP contribution is -2.30. The highest BCUT2D eigenvalue weighted by Gasteiger charge is 2.18. The van der Waals surface area contributed by atoms with Gasteiger partial charge in [-0.05, 0) is 76.9 Å². The van der Waals surface area contributed by atoms with E-state index in [2.05, 4.69) is 41.3 Å². The van der Waals surface area contributed by atoms with Crippen LogP contribution in [0.25, 0.3) is 0 Å². The summed E-state index contributed by atoms with van der Waals surface area (Å²) >= 11 is 1.60. The quantitative estimate of drug-likeness (QED) is 0.737. The molecule has 0 aliphatic carbocycles. The van der Waals surface area contributed by atoms with Crippen molar-refractivity contribution in [3.63, 3.8) is 0 Å². The number of halogens is 1. The molecule has 0 spiro atoms. The van der Waals surface area contributed by atoms with Gasteiger partial charge in [-0.25, -0.2) is 4.98 Å². The number of hydrogen-bond donors (Lipinski definition) is 2. The lowest BCUT2D eigenvalue weighted by molar-refractivity contribution is 0.102. The summed E-state index contributed by atoms with van der Waals surface area (Å²) in [7, 11) is 0. The monoisotopic (exact) mass is 408 g/mol. The maximum absolute atomic E-state index is 12.5. The Morgan fingerprint density at radius 1 is 1.30 bits per heavy atom. The standard InChI is InChI=1S/C20H28N4OS.ClH/c1-4-24(14(2)3)17-7-5-16(6-8-17)19(25)23-20-22-13-18(26-20)15-9-11-21-12-10-15;/h5-8,13-15,21H,4,9-12H2,1-3H3,(H,22,23,25);1H. The molecule has 1 amide bonds. The molecule has 2 N–H and O–H groups in total. The molecule has 1 aromatic heterocycles. The summed E-state index contributed by atoms with van der Waals surface area (Å²) in [5, 5.41) is 7.01. The van der Waals surface area contributed by atoms with Crippen LogP contribution in [0.3, 0.4) is 0 Å². The Bertz CT molecular complexity index is 726. The van der Waals surface area contributed by atoms with Gasteiger partial charge in [0.2, 0.25) is 0 Å². The van der Waals surface area contributed by atoms with E-state index in [1.807, 2.05) is 30.5 Å². The average Bonchev–Trinajstić information content (AvgIpc) is 3.12. The van der Waals surface area contributed by atoms with Gasteiger partial charge >= 0.3 is 0 Å². The van der Waals surface area contributed by atoms with Crippen LogP contribution in [0, 0.1) is 0 Å². The number of rotatable bonds is 6. The molecule has 1 aliphatic heterocycles. The van der Waals surface area contributed by atoms with Crippen molar-refractivity contribution in [2.24, 2.45) is 0 Å². The van der Waals surface area contributed by atoms with E-state index in [1.54, 1.807) is 11.3 Å². The van der Waals surface area contributed by atoms with E-state index in [0.29, 0.717) is 22.7 Å². The van der Waals surface area contributed by atoms with E-state index >= 15 is 0 Å². The average molecular weight is 409 g/mol. The predicted molar refractivity (Wildman–Crippen MR) is 117 cm³/mol. The molecule has 0 unspecified atom stereocenters. The van der Waals surface area contributed by atoms with Crippen LogP contribution >= 0.6 is 23.7 Å². The second kappa shape index (κ2) is 10.1. The summed E-state index contributed by atoms with van der Waals surface area (Å²) in [5.41, 5.74) is 1.80. The summed E-state index contributed by atoms with van der Waals surface area (Å²) in [4.78, 5) is 20.5. The fraction of sp³-hybridized carbons (Fsp3) is 0.500. The first kappa shape index (κ1) is 21.7. The molecule has 5 nitrogen and oxygen atoms in total. The van der Waals surface area contributed by atoms with E-state index in [4.69, 9.17) is 0 Å². The highest BCUT2D eigenvalue weighted by atomic mass is 35.5. The second-order valence-corrected chi connectivity index (χ2v) is 8.04. The molecule has 1 aliphatic rings. The first-order chi connectivity index (χ1) is 12.6. The van der Waals surface area contributed by atoms with Crippen LogP contribution in [-0.2, 0) is 0 Å². The molecule has 1 fully saturated rings. The number of carbonyl (C=O) groups excluding carboxylic acids is 1. The number of hydrogen-bond acceptors (Lipinski definition) is 5. The fourth-order valence-corrected chi connectivity index (χ4v) is 4.44. The maximum Gasteiger partial charge on any atom is 0.257 e. The van der Waals surface area contributed by atoms with Gasteiger partial charge < -0.3 is 10.2 Å². The van der Waals surface area contributed by atoms with Crippen molar-refractivity contribution in [3.8, 4) is 0 Å². The van der Waals surface area contributed by atoms with Crippen molar-refractivity contribution < 1.29 is 4.79 Å². The minimum absolute atomic E-state index is 0. The Labute approximate surface area is 172 Å². The van der Waals surface area contributed by atoms with Crippen molar-refractivity contribution in [1.29, 1.82) is 0 Å². The molecule has 2 heterocycles. The van der Waals surface area contributed by atoms with Crippen molar-refractivity contribution in [2.75, 3.05) is 29.9 Å². The van der Waals surface area contributed by atoms with Crippen molar-refractivity contribution in [2.45, 2.75) is 45.6 Å². The fourth-order valence-electron chi connectivity index (χ4n) is 3.46. The van der Waals surface area contributed by atoms with Gasteiger partial charge in [-0.2, -0.15) is 0 Å². The minimum atomic E-state index is -0.102. The predicted octanol–water partition coefficient (Wildman–Crippen LogP) is 4.52. The molecular weight excluding hydrogens is 380 g/mol. The molecule has 0 saturated carbocycles. The Kier molecular flexibility index (Phi) is 8.07. The van der Waals surface area contributed by atoms with Gasteiger partial charge in [0, 0.05) is 34.9 Å². The maximum atomic E-state index is 12.5. The Morgan fingerprint density at radius 2 is 1.96 bits per heavy atom. The van der Waals surface area contributed by atoms with Crippen LogP contribution in [0.2, 0.25) is 0 Å². The largest absolute Gasteiger partial charge is 0.369 e. The minimum Gasteiger partial charge on any atom is -0.369 e. The van der Waals surface area contributed by atoms with E-state index in [9.17, 15) is 4.79 Å². The summed E-state index contributed by atoms with van der Waals surface area (Å²) in [6, 6.07) is 8.23. The molecule has 1 saturated heterocycles. The third-order valence-electron chi connectivity index (χ3n) is 4.91. The number of anilines is 2. The number of amides is 1. The number of benzene rings is 1. The van der Waals surface area contributed by atoms with Crippen molar-refractivity contribution in [1.82, 2.24) is 10.3 Å². The first-order valence-corrected chi connectivity index (χ1v) is 10.2. The van der Waals surface area contributed by atoms with Crippen LogP contribution in [0.4, 0.5) is 10.8 Å². The third kappa shape index (κ3) is 5.43. The number of aromatic nitrogens is 1. The molecule has 3 rings (SSSR count). The van der Waals surface area contributed by atoms with Crippen LogP contribution in [0.5, 0.6) is 0 Å². The van der Waals surface area contributed by atoms with Crippen molar-refractivity contribution >= 4 is 40.5 Å². The summed E-state index contributed by atoms with van der Waals surface area (Å²) in [6.07, 6.45) is 4.20. The van der Waals surface area contributed by atoms with E-state index in [0.717, 1.165) is 38.2 Å². The smallest absolute Gasteiger partial charge is 0.257 e. The summed E-state index contributed by atoms with van der Waals surface area (Å²) in [6.45, 7) is 9.55. The number of piperidine rings is 1. The Morgan fingerprint density at radius 3 is 2.56 bits per heavy atom. The molecule has 2 aromatic rings.